The van der Waals surface area contributed by atoms with Crippen LogP contribution in [-0.4, -0.2) is 18.6 Å². The van der Waals surface area contributed by atoms with Gasteiger partial charge < -0.3 is 15.8 Å². The molecule has 3 N–H and O–H groups in total. The monoisotopic (exact) mass is 314 g/mol. The predicted octanol–water partition coefficient (Wildman–Crippen LogP) is 3.06. The van der Waals surface area contributed by atoms with Crippen molar-refractivity contribution in [3.63, 3.8) is 0 Å². The lowest BCUT2D eigenvalue weighted by Gasteiger charge is -2.24. The van der Waals surface area contributed by atoms with Crippen molar-refractivity contribution in [1.82, 2.24) is 5.32 Å². The number of hydrogen-bond acceptors (Lipinski definition) is 3. The Hall–Kier alpha value is -1.26. The molecular weight excluding hydrogens is 288 g/mol. The van der Waals surface area contributed by atoms with Crippen LogP contribution in [0.25, 0.3) is 0 Å². The fourth-order valence-corrected chi connectivity index (χ4v) is 1.70. The van der Waals surface area contributed by atoms with Gasteiger partial charge in [0.2, 0.25) is 5.91 Å². The fraction of sp³-hybridized carbons (Fsp3) is 0.562. The molecule has 1 amide bonds. The van der Waals surface area contributed by atoms with Gasteiger partial charge in [-0.2, -0.15) is 0 Å². The molecule has 0 fully saturated rings. The molecule has 0 aromatic heterocycles. The Balaban J connectivity index is 0.00000400. The molecule has 0 heterocycles. The summed E-state index contributed by atoms with van der Waals surface area (Å²) in [7, 11) is 0. The molecule has 1 aromatic rings. The van der Waals surface area contributed by atoms with Crippen molar-refractivity contribution < 1.29 is 9.53 Å². The molecule has 0 aliphatic heterocycles. The van der Waals surface area contributed by atoms with E-state index in [0.717, 1.165) is 11.3 Å². The van der Waals surface area contributed by atoms with Crippen LogP contribution in [0.1, 0.15) is 46.2 Å². The molecule has 5 heteroatoms. The Bertz CT molecular complexity index is 461. The second kappa shape index (κ2) is 8.25. The predicted molar refractivity (Wildman–Crippen MR) is 88.8 cm³/mol. The van der Waals surface area contributed by atoms with E-state index in [-0.39, 0.29) is 30.5 Å². The Kier molecular flexibility index (Phi) is 7.75. The first-order chi connectivity index (χ1) is 9.26. The zero-order valence-corrected chi connectivity index (χ0v) is 14.3. The van der Waals surface area contributed by atoms with Crippen LogP contribution in [0, 0.1) is 5.41 Å². The number of nitrogens with one attached hydrogen (secondary N) is 1. The summed E-state index contributed by atoms with van der Waals surface area (Å²) in [6.07, 6.45) is 0.131. The van der Waals surface area contributed by atoms with Gasteiger partial charge in [-0.3, -0.25) is 4.79 Å². The van der Waals surface area contributed by atoms with E-state index >= 15 is 0 Å². The van der Waals surface area contributed by atoms with Crippen LogP contribution in [-0.2, 0) is 4.79 Å². The molecule has 0 aliphatic carbocycles. The van der Waals surface area contributed by atoms with Crippen molar-refractivity contribution in [1.29, 1.82) is 0 Å². The Morgan fingerprint density at radius 3 is 2.48 bits per heavy atom. The number of amides is 1. The largest absolute Gasteiger partial charge is 0.491 e. The first-order valence-corrected chi connectivity index (χ1v) is 7.04. The lowest BCUT2D eigenvalue weighted by molar-refractivity contribution is -0.129. The van der Waals surface area contributed by atoms with E-state index in [1.807, 2.05) is 58.9 Å². The van der Waals surface area contributed by atoms with Crippen LogP contribution in [0.3, 0.4) is 0 Å². The minimum Gasteiger partial charge on any atom is -0.491 e. The zero-order valence-electron chi connectivity index (χ0n) is 13.5. The molecule has 1 rings (SSSR count). The fourth-order valence-electron chi connectivity index (χ4n) is 1.70. The van der Waals surface area contributed by atoms with Gasteiger partial charge in [0.15, 0.2) is 0 Å². The first kappa shape index (κ1) is 19.7. The van der Waals surface area contributed by atoms with E-state index in [1.54, 1.807) is 0 Å². The maximum atomic E-state index is 12.1. The van der Waals surface area contributed by atoms with Crippen LogP contribution in [0.2, 0.25) is 0 Å². The highest BCUT2D eigenvalue weighted by atomic mass is 35.5. The van der Waals surface area contributed by atoms with Crippen molar-refractivity contribution in [3.05, 3.63) is 29.8 Å². The number of rotatable bonds is 6. The highest BCUT2D eigenvalue weighted by Gasteiger charge is 2.27. The summed E-state index contributed by atoms with van der Waals surface area (Å²) in [5, 5.41) is 2.99. The van der Waals surface area contributed by atoms with E-state index in [9.17, 15) is 4.79 Å². The van der Waals surface area contributed by atoms with Crippen molar-refractivity contribution in [2.24, 2.45) is 11.1 Å². The lowest BCUT2D eigenvalue weighted by atomic mass is 9.92. The summed E-state index contributed by atoms with van der Waals surface area (Å²) >= 11 is 0. The minimum absolute atomic E-state index is 0. The Labute approximate surface area is 133 Å². The lowest BCUT2D eigenvalue weighted by Crippen LogP contribution is -2.42. The summed E-state index contributed by atoms with van der Waals surface area (Å²) in [5.41, 5.74) is 6.08. The van der Waals surface area contributed by atoms with Crippen molar-refractivity contribution >= 4 is 18.3 Å². The molecule has 0 saturated heterocycles. The van der Waals surface area contributed by atoms with E-state index in [0.29, 0.717) is 6.54 Å². The van der Waals surface area contributed by atoms with Gasteiger partial charge in [-0.25, -0.2) is 0 Å². The third kappa shape index (κ3) is 5.94. The van der Waals surface area contributed by atoms with Crippen LogP contribution in [0.4, 0.5) is 0 Å². The van der Waals surface area contributed by atoms with Crippen molar-refractivity contribution in [2.45, 2.75) is 46.8 Å². The first-order valence-electron chi connectivity index (χ1n) is 7.04. The summed E-state index contributed by atoms with van der Waals surface area (Å²) in [6.45, 7) is 9.94. The third-order valence-electron chi connectivity index (χ3n) is 3.20. The number of halogens is 1. The van der Waals surface area contributed by atoms with Gasteiger partial charge in [-0.1, -0.05) is 12.1 Å². The Morgan fingerprint density at radius 1 is 1.33 bits per heavy atom. The molecule has 0 aliphatic rings. The van der Waals surface area contributed by atoms with Crippen LogP contribution >= 0.6 is 12.4 Å². The minimum atomic E-state index is -0.555. The second-order valence-corrected chi connectivity index (χ2v) is 6.02. The second-order valence-electron chi connectivity index (χ2n) is 6.02. The van der Waals surface area contributed by atoms with Gasteiger partial charge in [-0.15, -0.1) is 12.4 Å². The average molecular weight is 315 g/mol. The van der Waals surface area contributed by atoms with Crippen molar-refractivity contribution in [2.75, 3.05) is 6.54 Å². The maximum Gasteiger partial charge on any atom is 0.227 e. The molecule has 1 unspecified atom stereocenters. The molecule has 1 aromatic carbocycles. The highest BCUT2D eigenvalue weighted by Crippen LogP contribution is 2.22. The van der Waals surface area contributed by atoms with Gasteiger partial charge in [0.25, 0.3) is 0 Å². The van der Waals surface area contributed by atoms with Crippen LogP contribution < -0.4 is 15.8 Å². The number of benzene rings is 1. The molecule has 120 valence electrons. The summed E-state index contributed by atoms with van der Waals surface area (Å²) in [4.78, 5) is 12.1. The van der Waals surface area contributed by atoms with E-state index in [1.165, 1.54) is 0 Å². The van der Waals surface area contributed by atoms with E-state index in [4.69, 9.17) is 10.5 Å². The molecule has 1 atom stereocenters. The number of ether oxygens (including phenoxy) is 1. The van der Waals surface area contributed by atoms with Gasteiger partial charge >= 0.3 is 0 Å². The molecule has 0 radical (unpaired) electrons. The van der Waals surface area contributed by atoms with Gasteiger partial charge in [0.05, 0.1) is 17.6 Å². The maximum absolute atomic E-state index is 12.1. The smallest absolute Gasteiger partial charge is 0.227 e. The summed E-state index contributed by atoms with van der Waals surface area (Å²) < 4.78 is 5.67. The average Bonchev–Trinajstić information content (AvgIpc) is 2.38. The zero-order chi connectivity index (χ0) is 15.3. The standard InChI is InChI=1S/C16H26N2O2.ClH/c1-11(2)20-14-8-6-7-13(9-14)12(3)18-15(19)16(4,5)10-17;/h6-9,11-12H,10,17H2,1-5H3,(H,18,19);1H. The number of carbonyl (C=O) groups excluding carboxylic acids is 1. The normalized spacial score (nSPS) is 12.5. The van der Waals surface area contributed by atoms with Crippen LogP contribution in [0.5, 0.6) is 5.75 Å². The number of hydrogen-bond donors (Lipinski definition) is 2. The highest BCUT2D eigenvalue weighted by molar-refractivity contribution is 5.85. The third-order valence-corrected chi connectivity index (χ3v) is 3.20. The Morgan fingerprint density at radius 2 is 1.95 bits per heavy atom. The number of carbonyl (C=O) groups is 1. The number of nitrogens with two attached hydrogens (primary N) is 1. The summed E-state index contributed by atoms with van der Waals surface area (Å²) in [6, 6.07) is 7.71. The van der Waals surface area contributed by atoms with Crippen molar-refractivity contribution in [3.8, 4) is 5.75 Å². The molecule has 4 nitrogen and oxygen atoms in total. The van der Waals surface area contributed by atoms with Gasteiger partial charge in [0.1, 0.15) is 5.75 Å². The van der Waals surface area contributed by atoms with E-state index in [2.05, 4.69) is 5.32 Å². The van der Waals surface area contributed by atoms with Gasteiger partial charge in [-0.05, 0) is 52.3 Å². The van der Waals surface area contributed by atoms with Crippen LogP contribution in [0.15, 0.2) is 24.3 Å². The molecular formula is C16H27ClN2O2. The quantitative estimate of drug-likeness (QED) is 0.848. The topological polar surface area (TPSA) is 64.3 Å². The molecule has 0 bridgehead atoms. The van der Waals surface area contributed by atoms with E-state index < -0.39 is 5.41 Å². The summed E-state index contributed by atoms with van der Waals surface area (Å²) in [5.74, 6) is 0.777. The SMILES string of the molecule is CC(C)Oc1cccc(C(C)NC(=O)C(C)(C)CN)c1.Cl. The molecule has 0 saturated carbocycles. The molecule has 0 spiro atoms. The molecule has 21 heavy (non-hydrogen) atoms. The van der Waals surface area contributed by atoms with Gasteiger partial charge in [0, 0.05) is 6.54 Å².